The third-order valence-electron chi connectivity index (χ3n) is 4.71. The van der Waals surface area contributed by atoms with Crippen LogP contribution in [0.2, 0.25) is 0 Å². The lowest BCUT2D eigenvalue weighted by molar-refractivity contribution is -0.124. The van der Waals surface area contributed by atoms with E-state index in [2.05, 4.69) is 17.7 Å². The number of hydrazone groups is 1. The summed E-state index contributed by atoms with van der Waals surface area (Å²) in [5.74, 6) is -0.283. The van der Waals surface area contributed by atoms with Gasteiger partial charge in [0, 0.05) is 19.5 Å². The Morgan fingerprint density at radius 1 is 1.28 bits per heavy atom. The van der Waals surface area contributed by atoms with E-state index in [1.54, 1.807) is 34.2 Å². The van der Waals surface area contributed by atoms with Crippen molar-refractivity contribution in [2.24, 2.45) is 5.10 Å². The minimum absolute atomic E-state index is 0.0441. The maximum atomic E-state index is 13.2. The Balaban J connectivity index is 1.86. The molecule has 6 heteroatoms. The number of carbonyl (C=O) groups excluding carboxylic acids is 2. The largest absolute Gasteiger partial charge is 0.330 e. The lowest BCUT2D eigenvalue weighted by atomic mass is 10.1. The zero-order chi connectivity index (χ0) is 20.8. The lowest BCUT2D eigenvalue weighted by Crippen LogP contribution is -2.37. The molecule has 1 heterocycles. The normalized spacial score (nSPS) is 15.4. The monoisotopic (exact) mass is 386 g/mol. The van der Waals surface area contributed by atoms with Gasteiger partial charge in [0.2, 0.25) is 0 Å². The van der Waals surface area contributed by atoms with Crippen LogP contribution >= 0.6 is 0 Å². The Hall–Kier alpha value is -3.72. The van der Waals surface area contributed by atoms with Crippen LogP contribution in [-0.4, -0.2) is 34.9 Å². The zero-order valence-corrected chi connectivity index (χ0v) is 16.3. The fourth-order valence-corrected chi connectivity index (χ4v) is 3.29. The van der Waals surface area contributed by atoms with Crippen LogP contribution < -0.4 is 5.01 Å². The average molecular weight is 386 g/mol. The molecule has 0 aliphatic carbocycles. The fraction of sp³-hybridized carbons (Fsp3) is 0.217. The zero-order valence-electron chi connectivity index (χ0n) is 16.3. The second kappa shape index (κ2) is 8.98. The summed E-state index contributed by atoms with van der Waals surface area (Å²) in [7, 11) is 0. The predicted molar refractivity (Wildman–Crippen MR) is 112 cm³/mol. The molecule has 0 saturated carbocycles. The number of benzene rings is 2. The van der Waals surface area contributed by atoms with Gasteiger partial charge in [-0.2, -0.15) is 10.4 Å². The van der Waals surface area contributed by atoms with Crippen molar-refractivity contribution in [2.45, 2.75) is 25.9 Å². The van der Waals surface area contributed by atoms with Crippen molar-refractivity contribution in [2.75, 3.05) is 11.6 Å². The third-order valence-corrected chi connectivity index (χ3v) is 4.71. The van der Waals surface area contributed by atoms with Crippen molar-refractivity contribution in [3.8, 4) is 6.07 Å². The molecule has 29 heavy (non-hydrogen) atoms. The summed E-state index contributed by atoms with van der Waals surface area (Å²) in [6.45, 7) is 5.92. The number of amides is 1. The van der Waals surface area contributed by atoms with Gasteiger partial charge in [-0.3, -0.25) is 14.6 Å². The standard InChI is InChI=1S/C23H22N4O2/c1-3-12-26(16-19-9-7-8-18(13-19)15-24)23(29)21-14-22(17(2)28)27(25-21)20-10-5-4-6-11-20/h3-11,13,22H,1,12,14,16H2,2H3. The van der Waals surface area contributed by atoms with Gasteiger partial charge in [-0.1, -0.05) is 36.4 Å². The highest BCUT2D eigenvalue weighted by Gasteiger charge is 2.35. The van der Waals surface area contributed by atoms with Gasteiger partial charge in [0.1, 0.15) is 11.8 Å². The van der Waals surface area contributed by atoms with E-state index in [4.69, 9.17) is 5.26 Å². The molecule has 0 aromatic heterocycles. The van der Waals surface area contributed by atoms with Crippen molar-refractivity contribution in [3.05, 3.63) is 78.4 Å². The van der Waals surface area contributed by atoms with E-state index in [0.29, 0.717) is 24.4 Å². The van der Waals surface area contributed by atoms with Crippen LogP contribution in [0.4, 0.5) is 5.69 Å². The minimum atomic E-state index is -0.496. The number of nitrogens with zero attached hydrogens (tertiary/aromatic N) is 4. The first-order chi connectivity index (χ1) is 14.0. The van der Waals surface area contributed by atoms with Gasteiger partial charge in [-0.05, 0) is 36.8 Å². The van der Waals surface area contributed by atoms with Crippen LogP contribution in [0.5, 0.6) is 0 Å². The Labute approximate surface area is 170 Å². The Bertz CT molecular complexity index is 991. The van der Waals surface area contributed by atoms with Crippen LogP contribution in [-0.2, 0) is 16.1 Å². The van der Waals surface area contributed by atoms with Crippen molar-refractivity contribution >= 4 is 23.1 Å². The van der Waals surface area contributed by atoms with Gasteiger partial charge in [-0.25, -0.2) is 0 Å². The molecule has 0 N–H and O–H groups in total. The van der Waals surface area contributed by atoms with E-state index in [1.807, 2.05) is 36.4 Å². The molecule has 6 nitrogen and oxygen atoms in total. The molecule has 3 rings (SSSR count). The highest BCUT2D eigenvalue weighted by atomic mass is 16.2. The number of para-hydroxylation sites is 1. The first-order valence-corrected chi connectivity index (χ1v) is 9.35. The molecule has 0 radical (unpaired) electrons. The van der Waals surface area contributed by atoms with Gasteiger partial charge in [0.05, 0.1) is 17.3 Å². The Morgan fingerprint density at radius 3 is 2.69 bits per heavy atom. The average Bonchev–Trinajstić information content (AvgIpc) is 3.19. The number of hydrogen-bond acceptors (Lipinski definition) is 5. The van der Waals surface area contributed by atoms with Crippen LogP contribution in [0, 0.1) is 11.3 Å². The van der Waals surface area contributed by atoms with Gasteiger partial charge in [-0.15, -0.1) is 6.58 Å². The molecule has 2 aromatic rings. The third kappa shape index (κ3) is 4.58. The predicted octanol–water partition coefficient (Wildman–Crippen LogP) is 3.30. The number of ketones is 1. The van der Waals surface area contributed by atoms with Crippen LogP contribution in [0.3, 0.4) is 0 Å². The van der Waals surface area contributed by atoms with Crippen molar-refractivity contribution in [1.82, 2.24) is 4.90 Å². The quantitative estimate of drug-likeness (QED) is 0.684. The lowest BCUT2D eigenvalue weighted by Gasteiger charge is -2.21. The van der Waals surface area contributed by atoms with Crippen LogP contribution in [0.1, 0.15) is 24.5 Å². The minimum Gasteiger partial charge on any atom is -0.330 e. The highest BCUT2D eigenvalue weighted by molar-refractivity contribution is 6.40. The maximum Gasteiger partial charge on any atom is 0.270 e. The number of carbonyl (C=O) groups is 2. The molecule has 1 atom stereocenters. The van der Waals surface area contributed by atoms with E-state index >= 15 is 0 Å². The fourth-order valence-electron chi connectivity index (χ4n) is 3.29. The molecule has 0 spiro atoms. The van der Waals surface area contributed by atoms with E-state index in [0.717, 1.165) is 11.3 Å². The summed E-state index contributed by atoms with van der Waals surface area (Å²) < 4.78 is 0. The molecule has 1 amide bonds. The summed E-state index contributed by atoms with van der Waals surface area (Å²) in [6, 6.07) is 18.1. The van der Waals surface area contributed by atoms with E-state index in [-0.39, 0.29) is 18.1 Å². The highest BCUT2D eigenvalue weighted by Crippen LogP contribution is 2.26. The second-order valence-electron chi connectivity index (χ2n) is 6.84. The molecule has 1 unspecified atom stereocenters. The first kappa shape index (κ1) is 20.0. The molecule has 146 valence electrons. The molecular formula is C23H22N4O2. The second-order valence-corrected chi connectivity index (χ2v) is 6.84. The van der Waals surface area contributed by atoms with Gasteiger partial charge >= 0.3 is 0 Å². The van der Waals surface area contributed by atoms with E-state index in [1.165, 1.54) is 6.92 Å². The number of hydrogen-bond donors (Lipinski definition) is 0. The molecule has 1 aliphatic rings. The van der Waals surface area contributed by atoms with Crippen molar-refractivity contribution < 1.29 is 9.59 Å². The molecule has 1 aliphatic heterocycles. The number of nitriles is 1. The number of rotatable bonds is 7. The maximum absolute atomic E-state index is 13.2. The topological polar surface area (TPSA) is 76.8 Å². The van der Waals surface area contributed by atoms with Crippen LogP contribution in [0.15, 0.2) is 72.4 Å². The first-order valence-electron chi connectivity index (χ1n) is 9.35. The summed E-state index contributed by atoms with van der Waals surface area (Å²) in [5, 5.41) is 15.2. The molecule has 0 saturated heterocycles. The van der Waals surface area contributed by atoms with Gasteiger partial charge in [0.15, 0.2) is 5.78 Å². The molecule has 0 fully saturated rings. The summed E-state index contributed by atoms with van der Waals surface area (Å²) >= 11 is 0. The van der Waals surface area contributed by atoms with Crippen LogP contribution in [0.25, 0.3) is 0 Å². The smallest absolute Gasteiger partial charge is 0.270 e. The SMILES string of the molecule is C=CCN(Cc1cccc(C#N)c1)C(=O)C1=NN(c2ccccc2)C(C(C)=O)C1. The number of Topliss-reactive ketones (excluding diaryl/α,β-unsaturated/α-hetero) is 1. The summed E-state index contributed by atoms with van der Waals surface area (Å²) in [4.78, 5) is 27.0. The molecule has 2 aromatic carbocycles. The summed E-state index contributed by atoms with van der Waals surface area (Å²) in [5.41, 5.74) is 2.50. The van der Waals surface area contributed by atoms with Crippen molar-refractivity contribution in [3.63, 3.8) is 0 Å². The Kier molecular flexibility index (Phi) is 6.20. The van der Waals surface area contributed by atoms with E-state index < -0.39 is 6.04 Å². The number of anilines is 1. The summed E-state index contributed by atoms with van der Waals surface area (Å²) in [6.07, 6.45) is 1.91. The van der Waals surface area contributed by atoms with E-state index in [9.17, 15) is 9.59 Å². The van der Waals surface area contributed by atoms with Crippen molar-refractivity contribution in [1.29, 1.82) is 5.26 Å². The Morgan fingerprint density at radius 2 is 2.03 bits per heavy atom. The van der Waals surface area contributed by atoms with Gasteiger partial charge in [0.25, 0.3) is 5.91 Å². The molecular weight excluding hydrogens is 364 g/mol. The molecule has 0 bridgehead atoms. The van der Waals surface area contributed by atoms with Gasteiger partial charge < -0.3 is 4.90 Å².